The Balaban J connectivity index is 2.96. The van der Waals surface area contributed by atoms with Gasteiger partial charge in [-0.15, -0.1) is 0 Å². The molecular formula is C11H16FN3O2S. The molecule has 1 rings (SSSR count). The van der Waals surface area contributed by atoms with Gasteiger partial charge >= 0.3 is 0 Å². The van der Waals surface area contributed by atoms with Crippen molar-refractivity contribution in [2.24, 2.45) is 11.7 Å². The van der Waals surface area contributed by atoms with Gasteiger partial charge in [0.2, 0.25) is 10.0 Å². The summed E-state index contributed by atoms with van der Waals surface area (Å²) in [4.78, 5) is 0. The molecule has 0 bridgehead atoms. The van der Waals surface area contributed by atoms with Crippen LogP contribution < -0.4 is 10.5 Å². The number of amidine groups is 1. The summed E-state index contributed by atoms with van der Waals surface area (Å²) in [5.41, 5.74) is 5.27. The summed E-state index contributed by atoms with van der Waals surface area (Å²) in [6, 6.07) is 3.66. The van der Waals surface area contributed by atoms with Gasteiger partial charge in [-0.2, -0.15) is 0 Å². The second-order valence-corrected chi connectivity index (χ2v) is 6.15. The molecule has 100 valence electrons. The van der Waals surface area contributed by atoms with Gasteiger partial charge < -0.3 is 5.73 Å². The highest BCUT2D eigenvalue weighted by Gasteiger charge is 2.15. The lowest BCUT2D eigenvalue weighted by molar-refractivity contribution is 0.585. The summed E-state index contributed by atoms with van der Waals surface area (Å²) in [5.74, 6) is -1.16. The minimum absolute atomic E-state index is 0.0537. The van der Waals surface area contributed by atoms with E-state index in [0.717, 1.165) is 6.07 Å². The molecule has 1 aromatic rings. The predicted molar refractivity (Wildman–Crippen MR) is 69.7 cm³/mol. The molecule has 0 fully saturated rings. The monoisotopic (exact) mass is 273 g/mol. The molecule has 0 amide bonds. The minimum atomic E-state index is -3.56. The van der Waals surface area contributed by atoms with E-state index in [-0.39, 0.29) is 28.8 Å². The first-order valence-corrected chi connectivity index (χ1v) is 7.01. The maximum atomic E-state index is 13.6. The lowest BCUT2D eigenvalue weighted by Gasteiger charge is -2.11. The average molecular weight is 273 g/mol. The van der Waals surface area contributed by atoms with Crippen molar-refractivity contribution in [2.75, 3.05) is 10.5 Å². The van der Waals surface area contributed by atoms with Gasteiger partial charge in [-0.05, 0) is 24.1 Å². The zero-order valence-corrected chi connectivity index (χ0v) is 11.0. The number of anilines is 1. The van der Waals surface area contributed by atoms with E-state index in [2.05, 4.69) is 4.72 Å². The van der Waals surface area contributed by atoms with Crippen LogP contribution in [0.5, 0.6) is 0 Å². The van der Waals surface area contributed by atoms with E-state index in [0.29, 0.717) is 0 Å². The van der Waals surface area contributed by atoms with E-state index in [9.17, 15) is 12.8 Å². The van der Waals surface area contributed by atoms with Crippen LogP contribution in [-0.2, 0) is 10.0 Å². The maximum absolute atomic E-state index is 13.6. The van der Waals surface area contributed by atoms with Gasteiger partial charge in [0.15, 0.2) is 0 Å². The third kappa shape index (κ3) is 3.99. The summed E-state index contributed by atoms with van der Waals surface area (Å²) in [6.07, 6.45) is 0. The second kappa shape index (κ2) is 5.34. The molecule has 18 heavy (non-hydrogen) atoms. The van der Waals surface area contributed by atoms with Gasteiger partial charge in [0, 0.05) is 5.56 Å². The Morgan fingerprint density at radius 3 is 2.56 bits per heavy atom. The fourth-order valence-corrected chi connectivity index (χ4v) is 2.88. The first-order chi connectivity index (χ1) is 8.21. The van der Waals surface area contributed by atoms with Crippen LogP contribution in [0.3, 0.4) is 0 Å². The van der Waals surface area contributed by atoms with Crippen LogP contribution in [0.15, 0.2) is 18.2 Å². The van der Waals surface area contributed by atoms with Crippen molar-refractivity contribution in [3.63, 3.8) is 0 Å². The third-order valence-electron chi connectivity index (χ3n) is 2.10. The molecule has 0 aliphatic heterocycles. The molecule has 0 aliphatic rings. The highest BCUT2D eigenvalue weighted by Crippen LogP contribution is 2.17. The van der Waals surface area contributed by atoms with E-state index in [1.54, 1.807) is 13.8 Å². The lowest BCUT2D eigenvalue weighted by Crippen LogP contribution is -2.21. The predicted octanol–water partition coefficient (Wildman–Crippen LogP) is 1.51. The zero-order chi connectivity index (χ0) is 13.9. The van der Waals surface area contributed by atoms with Gasteiger partial charge in [-0.25, -0.2) is 12.8 Å². The van der Waals surface area contributed by atoms with Crippen LogP contribution in [0, 0.1) is 17.1 Å². The number of benzene rings is 1. The number of nitrogens with two attached hydrogens (primary N) is 1. The van der Waals surface area contributed by atoms with Crippen LogP contribution in [0.25, 0.3) is 0 Å². The van der Waals surface area contributed by atoms with Gasteiger partial charge in [0.05, 0.1) is 11.4 Å². The molecule has 0 atom stereocenters. The van der Waals surface area contributed by atoms with Gasteiger partial charge in [-0.1, -0.05) is 13.8 Å². The third-order valence-corrected chi connectivity index (χ3v) is 3.73. The molecule has 0 spiro atoms. The van der Waals surface area contributed by atoms with Crippen LogP contribution in [0.2, 0.25) is 0 Å². The normalized spacial score (nSPS) is 11.6. The van der Waals surface area contributed by atoms with Crippen LogP contribution >= 0.6 is 0 Å². The molecule has 0 saturated heterocycles. The number of hydrogen-bond donors (Lipinski definition) is 3. The highest BCUT2D eigenvalue weighted by atomic mass is 32.2. The number of nitrogen functional groups attached to an aromatic ring is 1. The van der Waals surface area contributed by atoms with Gasteiger partial charge in [0.25, 0.3) is 0 Å². The van der Waals surface area contributed by atoms with Crippen molar-refractivity contribution in [1.29, 1.82) is 5.41 Å². The molecule has 4 N–H and O–H groups in total. The number of nitrogens with one attached hydrogen (secondary N) is 2. The van der Waals surface area contributed by atoms with Crippen molar-refractivity contribution >= 4 is 21.5 Å². The fourth-order valence-electron chi connectivity index (χ4n) is 1.41. The van der Waals surface area contributed by atoms with Gasteiger partial charge in [0.1, 0.15) is 11.7 Å². The highest BCUT2D eigenvalue weighted by molar-refractivity contribution is 7.92. The molecule has 0 saturated carbocycles. The molecule has 0 aliphatic carbocycles. The van der Waals surface area contributed by atoms with Gasteiger partial charge in [-0.3, -0.25) is 10.1 Å². The fraction of sp³-hybridized carbons (Fsp3) is 0.364. The molecule has 1 aromatic carbocycles. The number of halogens is 1. The van der Waals surface area contributed by atoms with Crippen molar-refractivity contribution in [3.05, 3.63) is 29.6 Å². The molecular weight excluding hydrogens is 257 g/mol. The molecule has 0 radical (unpaired) electrons. The lowest BCUT2D eigenvalue weighted by atomic mass is 10.2. The van der Waals surface area contributed by atoms with Crippen LogP contribution in [0.4, 0.5) is 10.1 Å². The van der Waals surface area contributed by atoms with Crippen LogP contribution in [0.1, 0.15) is 19.4 Å². The summed E-state index contributed by atoms with van der Waals surface area (Å²) in [6.45, 7) is 3.52. The number of rotatable bonds is 5. The van der Waals surface area contributed by atoms with E-state index in [1.165, 1.54) is 12.1 Å². The molecule has 0 unspecified atom stereocenters. The summed E-state index contributed by atoms with van der Waals surface area (Å²) in [5, 5.41) is 7.15. The number of hydrogen-bond acceptors (Lipinski definition) is 3. The Bertz CT molecular complexity index is 555. The maximum Gasteiger partial charge on any atom is 0.233 e. The standard InChI is InChI=1S/C11H16FN3O2S/c1-7(2)6-18(16,17)15-10-4-3-8(11(13)14)5-9(10)12/h3-5,7,15H,6H2,1-2H3,(H3,13,14). The Labute approximate surface area is 106 Å². The summed E-state index contributed by atoms with van der Waals surface area (Å²) >= 11 is 0. The topological polar surface area (TPSA) is 96.0 Å². The van der Waals surface area contributed by atoms with E-state index in [4.69, 9.17) is 11.1 Å². The van der Waals surface area contributed by atoms with Crippen molar-refractivity contribution < 1.29 is 12.8 Å². The largest absolute Gasteiger partial charge is 0.384 e. The van der Waals surface area contributed by atoms with E-state index in [1.807, 2.05) is 0 Å². The van der Waals surface area contributed by atoms with Crippen molar-refractivity contribution in [1.82, 2.24) is 0 Å². The Morgan fingerprint density at radius 2 is 2.11 bits per heavy atom. The average Bonchev–Trinajstić information content (AvgIpc) is 2.18. The SMILES string of the molecule is CC(C)CS(=O)(=O)Nc1ccc(C(=N)N)cc1F. The molecule has 7 heteroatoms. The van der Waals surface area contributed by atoms with Crippen molar-refractivity contribution in [3.8, 4) is 0 Å². The smallest absolute Gasteiger partial charge is 0.233 e. The Kier molecular flexibility index (Phi) is 4.28. The quantitative estimate of drug-likeness (QED) is 0.560. The molecule has 0 aromatic heterocycles. The first-order valence-electron chi connectivity index (χ1n) is 5.35. The van der Waals surface area contributed by atoms with Crippen molar-refractivity contribution in [2.45, 2.75) is 13.8 Å². The summed E-state index contributed by atoms with van der Waals surface area (Å²) < 4.78 is 39.0. The molecule has 0 heterocycles. The van der Waals surface area contributed by atoms with E-state index < -0.39 is 15.8 Å². The van der Waals surface area contributed by atoms with E-state index >= 15 is 0 Å². The first kappa shape index (κ1) is 14.4. The zero-order valence-electron chi connectivity index (χ0n) is 10.2. The summed E-state index contributed by atoms with van der Waals surface area (Å²) in [7, 11) is -3.56. The van der Waals surface area contributed by atoms with Crippen LogP contribution in [-0.4, -0.2) is 20.0 Å². The molecule has 5 nitrogen and oxygen atoms in total. The Hall–Kier alpha value is -1.63. The minimum Gasteiger partial charge on any atom is -0.384 e. The Morgan fingerprint density at radius 1 is 1.50 bits per heavy atom. The number of sulfonamides is 1. The second-order valence-electron chi connectivity index (χ2n) is 4.39.